The van der Waals surface area contributed by atoms with Gasteiger partial charge >= 0.3 is 6.09 Å². The summed E-state index contributed by atoms with van der Waals surface area (Å²) >= 11 is 0. The molecule has 3 heterocycles. The highest BCUT2D eigenvalue weighted by molar-refractivity contribution is 6.14. The molecule has 1 atom stereocenters. The molecule has 1 unspecified atom stereocenters. The molecule has 0 saturated carbocycles. The highest BCUT2D eigenvalue weighted by Crippen LogP contribution is 2.24. The minimum absolute atomic E-state index is 0.0125. The lowest BCUT2D eigenvalue weighted by atomic mass is 10.1. The topological polar surface area (TPSA) is 141 Å². The minimum Gasteiger partial charge on any atom is -0.442 e. The Balaban J connectivity index is 1.65. The largest absolute Gasteiger partial charge is 0.442 e. The van der Waals surface area contributed by atoms with Crippen molar-refractivity contribution in [3.8, 4) is 0 Å². The maximum atomic E-state index is 13.1. The zero-order valence-electron chi connectivity index (χ0n) is 16.4. The fraction of sp³-hybridized carbons (Fsp3) is 0.250. The maximum absolute atomic E-state index is 13.1. The van der Waals surface area contributed by atoms with Gasteiger partial charge in [-0.15, -0.1) is 0 Å². The molecule has 154 valence electrons. The van der Waals surface area contributed by atoms with Gasteiger partial charge in [-0.25, -0.2) is 9.78 Å². The summed E-state index contributed by atoms with van der Waals surface area (Å²) in [6.45, 7) is 4.36. The first kappa shape index (κ1) is 19.4. The molecule has 2 aromatic heterocycles. The van der Waals surface area contributed by atoms with Crippen molar-refractivity contribution in [2.75, 3.05) is 11.9 Å². The maximum Gasteiger partial charge on any atom is 0.407 e. The Hall–Kier alpha value is -3.95. The molecule has 4 rings (SSSR count). The summed E-state index contributed by atoms with van der Waals surface area (Å²) in [5.74, 6) is -1.12. The Labute approximate surface area is 171 Å². The molecule has 3 aromatic rings. The van der Waals surface area contributed by atoms with Crippen LogP contribution in [0.15, 0.2) is 30.3 Å². The van der Waals surface area contributed by atoms with E-state index in [0.29, 0.717) is 35.4 Å². The third-order valence-corrected chi connectivity index (χ3v) is 4.96. The van der Waals surface area contributed by atoms with Gasteiger partial charge in [0.05, 0.1) is 41.2 Å². The average Bonchev–Trinajstić information content (AvgIpc) is 3.24. The Bertz CT molecular complexity index is 1190. The van der Waals surface area contributed by atoms with Crippen LogP contribution in [0.4, 0.5) is 10.5 Å². The number of aryl methyl sites for hydroxylation is 1. The monoisotopic (exact) mass is 408 g/mol. The number of hydrogen-bond donors (Lipinski definition) is 3. The standard InChI is InChI=1S/C20H20N6O4/c1-10-17(11(2)26(25-10)9-12-8-22-20(29)30-12)24-19(28)14-7-16(18(21)27)23-15-6-4-3-5-13(14)15/h3-7,12H,8-9H2,1-2H3,(H2,21,27)(H,22,29)(H,24,28). The number of carbonyl (C=O) groups excluding carboxylic acids is 3. The van der Waals surface area contributed by atoms with Gasteiger partial charge in [0.15, 0.2) is 0 Å². The van der Waals surface area contributed by atoms with E-state index in [-0.39, 0.29) is 17.4 Å². The third-order valence-electron chi connectivity index (χ3n) is 4.96. The summed E-state index contributed by atoms with van der Waals surface area (Å²) in [5.41, 5.74) is 8.07. The number of rotatable bonds is 5. The molecule has 3 amide bonds. The minimum atomic E-state index is -0.713. The van der Waals surface area contributed by atoms with Crippen LogP contribution in [0, 0.1) is 13.8 Å². The molecule has 10 nitrogen and oxygen atoms in total. The summed E-state index contributed by atoms with van der Waals surface area (Å²) in [6, 6.07) is 8.41. The molecule has 0 spiro atoms. The van der Waals surface area contributed by atoms with Crippen molar-refractivity contribution >= 4 is 34.5 Å². The molecule has 4 N–H and O–H groups in total. The van der Waals surface area contributed by atoms with Crippen molar-refractivity contribution in [1.29, 1.82) is 0 Å². The van der Waals surface area contributed by atoms with Crippen LogP contribution in [-0.4, -0.2) is 45.3 Å². The van der Waals surface area contributed by atoms with Gasteiger partial charge in [0, 0.05) is 5.39 Å². The van der Waals surface area contributed by atoms with Crippen LogP contribution < -0.4 is 16.4 Å². The van der Waals surface area contributed by atoms with E-state index in [1.165, 1.54) is 6.07 Å². The van der Waals surface area contributed by atoms with E-state index in [1.54, 1.807) is 35.9 Å². The second-order valence-corrected chi connectivity index (χ2v) is 7.03. The SMILES string of the molecule is Cc1nn(CC2CNC(=O)O2)c(C)c1NC(=O)c1cc(C(N)=O)nc2ccccc12. The summed E-state index contributed by atoms with van der Waals surface area (Å²) in [7, 11) is 0. The number of hydrogen-bond acceptors (Lipinski definition) is 6. The number of alkyl carbamates (subject to hydrolysis) is 1. The van der Waals surface area contributed by atoms with E-state index >= 15 is 0 Å². The molecule has 0 aliphatic carbocycles. The highest BCUT2D eigenvalue weighted by atomic mass is 16.6. The summed E-state index contributed by atoms with van der Waals surface area (Å²) in [4.78, 5) is 40.2. The first-order chi connectivity index (χ1) is 14.3. The van der Waals surface area contributed by atoms with E-state index in [9.17, 15) is 14.4 Å². The second kappa shape index (κ2) is 7.47. The van der Waals surface area contributed by atoms with Crippen molar-refractivity contribution in [3.05, 3.63) is 53.0 Å². The van der Waals surface area contributed by atoms with Gasteiger partial charge < -0.3 is 21.1 Å². The first-order valence-electron chi connectivity index (χ1n) is 9.33. The number of ether oxygens (including phenoxy) is 1. The van der Waals surface area contributed by atoms with Crippen LogP contribution in [0.3, 0.4) is 0 Å². The van der Waals surface area contributed by atoms with E-state index < -0.39 is 17.9 Å². The van der Waals surface area contributed by atoms with Gasteiger partial charge in [-0.05, 0) is 26.0 Å². The van der Waals surface area contributed by atoms with Gasteiger partial charge in [-0.3, -0.25) is 14.3 Å². The van der Waals surface area contributed by atoms with Crippen molar-refractivity contribution in [1.82, 2.24) is 20.1 Å². The number of benzene rings is 1. The molecule has 1 aliphatic heterocycles. The van der Waals surface area contributed by atoms with Crippen LogP contribution in [0.1, 0.15) is 32.2 Å². The van der Waals surface area contributed by atoms with Crippen LogP contribution in [0.25, 0.3) is 10.9 Å². The Morgan fingerprint density at radius 3 is 2.80 bits per heavy atom. The third kappa shape index (κ3) is 3.54. The number of para-hydroxylation sites is 1. The summed E-state index contributed by atoms with van der Waals surface area (Å²) < 4.78 is 6.84. The van der Waals surface area contributed by atoms with Gasteiger partial charge in [-0.1, -0.05) is 18.2 Å². The lowest BCUT2D eigenvalue weighted by Crippen LogP contribution is -2.22. The molecule has 1 aromatic carbocycles. The van der Waals surface area contributed by atoms with Crippen LogP contribution in [-0.2, 0) is 11.3 Å². The average molecular weight is 408 g/mol. The second-order valence-electron chi connectivity index (χ2n) is 7.03. The Kier molecular flexibility index (Phi) is 4.82. The van der Waals surface area contributed by atoms with Crippen LogP contribution >= 0.6 is 0 Å². The summed E-state index contributed by atoms with van der Waals surface area (Å²) in [5, 5.41) is 10.5. The predicted molar refractivity (Wildman–Crippen MR) is 108 cm³/mol. The van der Waals surface area contributed by atoms with Crippen LogP contribution in [0.5, 0.6) is 0 Å². The number of nitrogens with two attached hydrogens (primary N) is 1. The lowest BCUT2D eigenvalue weighted by Gasteiger charge is -2.11. The molecule has 1 saturated heterocycles. The van der Waals surface area contributed by atoms with E-state index in [4.69, 9.17) is 10.5 Å². The van der Waals surface area contributed by atoms with Crippen molar-refractivity contribution in [3.63, 3.8) is 0 Å². The number of fused-ring (bicyclic) bond motifs is 1. The van der Waals surface area contributed by atoms with Gasteiger partial charge in [0.1, 0.15) is 11.8 Å². The molecular weight excluding hydrogens is 388 g/mol. The molecule has 1 fully saturated rings. The fourth-order valence-electron chi connectivity index (χ4n) is 3.45. The molecule has 1 aliphatic rings. The normalized spacial score (nSPS) is 15.7. The number of amides is 3. The molecule has 0 bridgehead atoms. The molecule has 30 heavy (non-hydrogen) atoms. The van der Waals surface area contributed by atoms with Crippen molar-refractivity contribution < 1.29 is 19.1 Å². The van der Waals surface area contributed by atoms with E-state index in [1.807, 2.05) is 6.92 Å². The van der Waals surface area contributed by atoms with Gasteiger partial charge in [0.2, 0.25) is 0 Å². The van der Waals surface area contributed by atoms with Crippen LogP contribution in [0.2, 0.25) is 0 Å². The zero-order valence-corrected chi connectivity index (χ0v) is 16.4. The number of nitrogens with zero attached hydrogens (tertiary/aromatic N) is 3. The molecular formula is C20H20N6O4. The molecule has 0 radical (unpaired) electrons. The van der Waals surface area contributed by atoms with Crippen molar-refractivity contribution in [2.45, 2.75) is 26.5 Å². The van der Waals surface area contributed by atoms with Crippen molar-refractivity contribution in [2.24, 2.45) is 5.73 Å². The number of pyridine rings is 1. The number of nitrogens with one attached hydrogen (secondary N) is 2. The molecule has 10 heteroatoms. The fourth-order valence-corrected chi connectivity index (χ4v) is 3.45. The Morgan fingerprint density at radius 1 is 1.33 bits per heavy atom. The first-order valence-corrected chi connectivity index (χ1v) is 9.33. The Morgan fingerprint density at radius 2 is 2.10 bits per heavy atom. The van der Waals surface area contributed by atoms with E-state index in [2.05, 4.69) is 20.7 Å². The lowest BCUT2D eigenvalue weighted by molar-refractivity contribution is 0.0995. The summed E-state index contributed by atoms with van der Waals surface area (Å²) in [6.07, 6.45) is -0.786. The number of aromatic nitrogens is 3. The zero-order chi connectivity index (χ0) is 21.4. The van der Waals surface area contributed by atoms with Gasteiger partial charge in [0.25, 0.3) is 11.8 Å². The number of carbonyl (C=O) groups is 3. The smallest absolute Gasteiger partial charge is 0.407 e. The number of anilines is 1. The number of primary amides is 1. The highest BCUT2D eigenvalue weighted by Gasteiger charge is 2.25. The number of cyclic esters (lactones) is 1. The van der Waals surface area contributed by atoms with Gasteiger partial charge in [-0.2, -0.15) is 5.10 Å². The van der Waals surface area contributed by atoms with E-state index in [0.717, 1.165) is 5.69 Å². The quantitative estimate of drug-likeness (QED) is 0.584. The predicted octanol–water partition coefficient (Wildman–Crippen LogP) is 1.51.